The Hall–Kier alpha value is -1.46. The summed E-state index contributed by atoms with van der Waals surface area (Å²) in [6.07, 6.45) is 0. The van der Waals surface area contributed by atoms with Gasteiger partial charge in [-0.05, 0) is 19.9 Å². The van der Waals surface area contributed by atoms with Crippen LogP contribution >= 0.6 is 0 Å². The molecule has 21 heavy (non-hydrogen) atoms. The lowest BCUT2D eigenvalue weighted by molar-refractivity contribution is -0.945. The highest BCUT2D eigenvalue weighted by atomic mass is 16.5. The number of methoxy groups -OCH3 is 3. The molecule has 1 aromatic carbocycles. The van der Waals surface area contributed by atoms with E-state index in [1.807, 2.05) is 0 Å². The van der Waals surface area contributed by atoms with Crippen LogP contribution in [0.3, 0.4) is 0 Å². The van der Waals surface area contributed by atoms with E-state index in [4.69, 9.17) is 14.2 Å². The van der Waals surface area contributed by atoms with Gasteiger partial charge in [-0.3, -0.25) is 0 Å². The molecular formula is C16H28N2O3+2. The van der Waals surface area contributed by atoms with Gasteiger partial charge in [-0.15, -0.1) is 0 Å². The van der Waals surface area contributed by atoms with Crippen LogP contribution in [0, 0.1) is 0 Å². The van der Waals surface area contributed by atoms with Gasteiger partial charge in [-0.25, -0.2) is 0 Å². The summed E-state index contributed by atoms with van der Waals surface area (Å²) in [5.41, 5.74) is 2.58. The molecule has 1 heterocycles. The smallest absolute Gasteiger partial charge is 0.203 e. The Labute approximate surface area is 127 Å². The van der Waals surface area contributed by atoms with Gasteiger partial charge >= 0.3 is 0 Å². The molecule has 3 N–H and O–H groups in total. The molecule has 0 bridgehead atoms. The van der Waals surface area contributed by atoms with Crippen LogP contribution in [0.4, 0.5) is 0 Å². The molecule has 0 saturated heterocycles. The van der Waals surface area contributed by atoms with Crippen molar-refractivity contribution >= 4 is 0 Å². The predicted octanol–water partition coefficient (Wildman–Crippen LogP) is -0.245. The van der Waals surface area contributed by atoms with E-state index in [-0.39, 0.29) is 0 Å². The second-order valence-corrected chi connectivity index (χ2v) is 5.36. The third-order valence-electron chi connectivity index (χ3n) is 4.49. The Morgan fingerprint density at radius 1 is 1.10 bits per heavy atom. The van der Waals surface area contributed by atoms with Crippen LogP contribution in [0.2, 0.25) is 0 Å². The Kier molecular flexibility index (Phi) is 5.31. The normalized spacial score (nSPS) is 17.5. The summed E-state index contributed by atoms with van der Waals surface area (Å²) in [7, 11) is 5.04. The number of fused-ring (bicyclic) bond motifs is 1. The van der Waals surface area contributed by atoms with Crippen molar-refractivity contribution in [1.82, 2.24) is 0 Å². The maximum absolute atomic E-state index is 5.64. The highest BCUT2D eigenvalue weighted by molar-refractivity contribution is 5.59. The number of quaternary nitrogens is 2. The van der Waals surface area contributed by atoms with Crippen molar-refractivity contribution in [2.45, 2.75) is 26.4 Å². The first-order chi connectivity index (χ1) is 10.2. The fraction of sp³-hybridized carbons (Fsp3) is 0.625. The lowest BCUT2D eigenvalue weighted by Crippen LogP contribution is -3.14. The average Bonchev–Trinajstić information content (AvgIpc) is 2.54. The molecule has 1 aromatic rings. The van der Waals surface area contributed by atoms with E-state index in [2.05, 4.69) is 25.2 Å². The van der Waals surface area contributed by atoms with Crippen LogP contribution in [0.25, 0.3) is 0 Å². The first kappa shape index (κ1) is 15.9. The molecule has 2 rings (SSSR count). The highest BCUT2D eigenvalue weighted by Crippen LogP contribution is 2.43. The second-order valence-electron chi connectivity index (χ2n) is 5.36. The largest absolute Gasteiger partial charge is 0.493 e. The number of rotatable bonds is 6. The van der Waals surface area contributed by atoms with E-state index in [9.17, 15) is 0 Å². The predicted molar refractivity (Wildman–Crippen MR) is 81.4 cm³/mol. The standard InChI is InChI=1S/C16H26N2O3/c1-6-18(7-2)13-10-17-9-12-11(13)8-14(19-3)16(21-5)15(12)20-4/h8,13,17H,6-7,9-10H2,1-5H3/p+2/t13-/m0/s1. The van der Waals surface area contributed by atoms with Crippen LogP contribution in [-0.4, -0.2) is 41.0 Å². The molecule has 0 radical (unpaired) electrons. The Balaban J connectivity index is 2.58. The first-order valence-electron chi connectivity index (χ1n) is 7.69. The van der Waals surface area contributed by atoms with Gasteiger partial charge in [0.2, 0.25) is 5.75 Å². The third kappa shape index (κ3) is 2.80. The van der Waals surface area contributed by atoms with E-state index in [1.54, 1.807) is 26.2 Å². The van der Waals surface area contributed by atoms with Crippen LogP contribution in [-0.2, 0) is 6.54 Å². The minimum atomic E-state index is 0.470. The van der Waals surface area contributed by atoms with E-state index in [0.29, 0.717) is 11.8 Å². The fourth-order valence-electron chi connectivity index (χ4n) is 3.41. The summed E-state index contributed by atoms with van der Waals surface area (Å²) in [5.74, 6) is 2.27. The number of likely N-dealkylation sites (N-methyl/N-ethyl adjacent to an activating group) is 1. The number of ether oxygens (including phenoxy) is 3. The van der Waals surface area contributed by atoms with Crippen molar-refractivity contribution in [2.75, 3.05) is 41.0 Å². The fourth-order valence-corrected chi connectivity index (χ4v) is 3.41. The van der Waals surface area contributed by atoms with Crippen LogP contribution < -0.4 is 24.4 Å². The van der Waals surface area contributed by atoms with Crippen LogP contribution in [0.15, 0.2) is 6.07 Å². The Morgan fingerprint density at radius 2 is 1.76 bits per heavy atom. The Morgan fingerprint density at radius 3 is 2.29 bits per heavy atom. The third-order valence-corrected chi connectivity index (χ3v) is 4.49. The zero-order valence-electron chi connectivity index (χ0n) is 13.8. The zero-order valence-corrected chi connectivity index (χ0v) is 13.8. The molecule has 5 heteroatoms. The number of hydrogen-bond donors (Lipinski definition) is 2. The second kappa shape index (κ2) is 7.00. The SMILES string of the molecule is CC[NH+](CC)[C@H]1C[NH2+]Cc2c1cc(OC)c(OC)c2OC. The van der Waals surface area contributed by atoms with Crippen molar-refractivity contribution < 1.29 is 24.4 Å². The molecule has 1 atom stereocenters. The first-order valence-corrected chi connectivity index (χ1v) is 7.69. The summed E-state index contributed by atoms with van der Waals surface area (Å²) in [5, 5.41) is 2.35. The van der Waals surface area contributed by atoms with Crippen LogP contribution in [0.5, 0.6) is 17.2 Å². The summed E-state index contributed by atoms with van der Waals surface area (Å²) in [6.45, 7) is 8.74. The molecule has 0 amide bonds. The van der Waals surface area contributed by atoms with E-state index < -0.39 is 0 Å². The monoisotopic (exact) mass is 296 g/mol. The average molecular weight is 296 g/mol. The number of nitrogens with two attached hydrogens (primary N) is 1. The molecule has 0 saturated carbocycles. The summed E-state index contributed by atoms with van der Waals surface area (Å²) in [4.78, 5) is 1.58. The molecular weight excluding hydrogens is 268 g/mol. The molecule has 5 nitrogen and oxygen atoms in total. The molecule has 0 spiro atoms. The van der Waals surface area contributed by atoms with Gasteiger partial charge in [0.25, 0.3) is 0 Å². The number of nitrogens with one attached hydrogen (secondary N) is 1. The van der Waals surface area contributed by atoms with Crippen molar-refractivity contribution in [2.24, 2.45) is 0 Å². The maximum atomic E-state index is 5.64. The maximum Gasteiger partial charge on any atom is 0.203 e. The summed E-state index contributed by atoms with van der Waals surface area (Å²) < 4.78 is 16.7. The van der Waals surface area contributed by atoms with Gasteiger partial charge in [-0.2, -0.15) is 0 Å². The summed E-state index contributed by atoms with van der Waals surface area (Å²) in [6, 6.07) is 2.61. The molecule has 0 unspecified atom stereocenters. The van der Waals surface area contributed by atoms with Gasteiger partial charge in [0.15, 0.2) is 17.5 Å². The van der Waals surface area contributed by atoms with Crippen molar-refractivity contribution in [3.8, 4) is 17.2 Å². The summed E-state index contributed by atoms with van der Waals surface area (Å²) >= 11 is 0. The molecule has 0 aromatic heterocycles. The van der Waals surface area contributed by atoms with Gasteiger partial charge in [0.05, 0.1) is 40.0 Å². The number of hydrogen-bond acceptors (Lipinski definition) is 3. The van der Waals surface area contributed by atoms with Gasteiger partial charge in [0, 0.05) is 5.56 Å². The van der Waals surface area contributed by atoms with Crippen LogP contribution in [0.1, 0.15) is 31.0 Å². The van der Waals surface area contributed by atoms with Crippen molar-refractivity contribution in [3.05, 3.63) is 17.2 Å². The van der Waals surface area contributed by atoms with Crippen molar-refractivity contribution in [1.29, 1.82) is 0 Å². The lowest BCUT2D eigenvalue weighted by Gasteiger charge is -2.31. The van der Waals surface area contributed by atoms with E-state index in [0.717, 1.165) is 37.7 Å². The minimum absolute atomic E-state index is 0.470. The van der Waals surface area contributed by atoms with E-state index in [1.165, 1.54) is 11.1 Å². The zero-order chi connectivity index (χ0) is 15.4. The van der Waals surface area contributed by atoms with E-state index >= 15 is 0 Å². The molecule has 118 valence electrons. The van der Waals surface area contributed by atoms with Gasteiger partial charge in [-0.1, -0.05) is 0 Å². The van der Waals surface area contributed by atoms with Crippen molar-refractivity contribution in [3.63, 3.8) is 0 Å². The molecule has 0 aliphatic carbocycles. The Bertz CT molecular complexity index is 487. The lowest BCUT2D eigenvalue weighted by atomic mass is 9.93. The number of benzene rings is 1. The topological polar surface area (TPSA) is 48.7 Å². The molecule has 1 aliphatic heterocycles. The highest BCUT2D eigenvalue weighted by Gasteiger charge is 2.34. The van der Waals surface area contributed by atoms with Gasteiger partial charge < -0.3 is 24.4 Å². The minimum Gasteiger partial charge on any atom is -0.493 e. The van der Waals surface area contributed by atoms with Gasteiger partial charge in [0.1, 0.15) is 13.1 Å². The molecule has 1 aliphatic rings. The quantitative estimate of drug-likeness (QED) is 0.761. The molecule has 0 fully saturated rings.